The van der Waals surface area contributed by atoms with Crippen LogP contribution in [0.1, 0.15) is 12.8 Å². The fourth-order valence-electron chi connectivity index (χ4n) is 2.89. The summed E-state index contributed by atoms with van der Waals surface area (Å²) >= 11 is 1.66. The molecule has 2 aromatic heterocycles. The van der Waals surface area contributed by atoms with E-state index < -0.39 is 0 Å². The quantitative estimate of drug-likeness (QED) is 0.789. The van der Waals surface area contributed by atoms with Gasteiger partial charge in [-0.25, -0.2) is 9.97 Å². The van der Waals surface area contributed by atoms with E-state index in [9.17, 15) is 5.11 Å². The molecule has 4 rings (SSSR count). The highest BCUT2D eigenvalue weighted by atomic mass is 32.1. The predicted octanol–water partition coefficient (Wildman–Crippen LogP) is 3.32. The Hall–Kier alpha value is -1.98. The molecule has 0 bridgehead atoms. The van der Waals surface area contributed by atoms with Gasteiger partial charge in [-0.05, 0) is 36.4 Å². The lowest BCUT2D eigenvalue weighted by atomic mass is 10.1. The minimum Gasteiger partial charge on any atom is -0.393 e. The summed E-state index contributed by atoms with van der Waals surface area (Å²) in [4.78, 5) is 12.9. The molecule has 0 radical (unpaired) electrons. The summed E-state index contributed by atoms with van der Waals surface area (Å²) in [5.41, 5.74) is 0.974. The van der Waals surface area contributed by atoms with Gasteiger partial charge in [-0.2, -0.15) is 0 Å². The normalized spacial score (nSPS) is 16.3. The van der Waals surface area contributed by atoms with Crippen molar-refractivity contribution in [2.45, 2.75) is 18.9 Å². The number of anilines is 1. The predicted molar refractivity (Wildman–Crippen MR) is 90.3 cm³/mol. The van der Waals surface area contributed by atoms with E-state index in [-0.39, 0.29) is 6.10 Å². The monoisotopic (exact) mass is 311 g/mol. The Kier molecular flexibility index (Phi) is 3.52. The molecular formula is C17H17N3OS. The zero-order valence-corrected chi connectivity index (χ0v) is 13.0. The molecule has 0 spiro atoms. The number of benzene rings is 1. The van der Waals surface area contributed by atoms with Crippen LogP contribution in [0.2, 0.25) is 0 Å². The van der Waals surface area contributed by atoms with Gasteiger partial charge in [-0.3, -0.25) is 0 Å². The summed E-state index contributed by atoms with van der Waals surface area (Å²) in [6.45, 7) is 1.68. The summed E-state index contributed by atoms with van der Waals surface area (Å²) in [5.74, 6) is 1.77. The molecule has 1 aliphatic heterocycles. The number of fused-ring (bicyclic) bond motifs is 1. The average Bonchev–Trinajstić information content (AvgIpc) is 3.09. The summed E-state index contributed by atoms with van der Waals surface area (Å²) in [7, 11) is 0. The lowest BCUT2D eigenvalue weighted by Crippen LogP contribution is -2.36. The first kappa shape index (κ1) is 13.7. The van der Waals surface area contributed by atoms with Gasteiger partial charge in [0, 0.05) is 18.5 Å². The van der Waals surface area contributed by atoms with Crippen LogP contribution < -0.4 is 4.90 Å². The van der Waals surface area contributed by atoms with E-state index in [1.165, 1.54) is 0 Å². The van der Waals surface area contributed by atoms with Crippen LogP contribution in [-0.2, 0) is 0 Å². The van der Waals surface area contributed by atoms with Crippen LogP contribution in [0.3, 0.4) is 0 Å². The first-order chi connectivity index (χ1) is 10.8. The molecule has 1 fully saturated rings. The van der Waals surface area contributed by atoms with Gasteiger partial charge >= 0.3 is 0 Å². The number of aliphatic hydroxyl groups excluding tert-OH is 1. The Labute approximate surface area is 133 Å². The number of piperidine rings is 1. The maximum absolute atomic E-state index is 9.73. The highest BCUT2D eigenvalue weighted by Crippen LogP contribution is 2.30. The molecule has 1 aliphatic rings. The number of hydrogen-bond donors (Lipinski definition) is 1. The second kappa shape index (κ2) is 5.66. The van der Waals surface area contributed by atoms with Gasteiger partial charge < -0.3 is 10.0 Å². The fourth-order valence-corrected chi connectivity index (χ4v) is 3.55. The molecule has 3 heterocycles. The molecule has 22 heavy (non-hydrogen) atoms. The number of thiophene rings is 1. The molecule has 1 saturated heterocycles. The molecule has 0 saturated carbocycles. The maximum atomic E-state index is 9.73. The molecule has 0 atom stereocenters. The Balaban J connectivity index is 1.84. The van der Waals surface area contributed by atoms with Gasteiger partial charge in [0.2, 0.25) is 0 Å². The summed E-state index contributed by atoms with van der Waals surface area (Å²) < 4.78 is 0. The lowest BCUT2D eigenvalue weighted by molar-refractivity contribution is 0.145. The number of para-hydroxylation sites is 1. The third kappa shape index (κ3) is 2.46. The topological polar surface area (TPSA) is 49.2 Å². The number of aliphatic hydroxyl groups is 1. The van der Waals surface area contributed by atoms with Crippen molar-refractivity contribution in [2.75, 3.05) is 18.0 Å². The number of nitrogens with zero attached hydrogens (tertiary/aromatic N) is 3. The number of aromatic nitrogens is 2. The van der Waals surface area contributed by atoms with Crippen LogP contribution in [0.5, 0.6) is 0 Å². The molecule has 1 aromatic carbocycles. The van der Waals surface area contributed by atoms with Crippen molar-refractivity contribution in [3.63, 3.8) is 0 Å². The molecule has 112 valence electrons. The SMILES string of the molecule is OC1CCN(c2nc(-c3cccs3)nc3ccccc23)CC1. The van der Waals surface area contributed by atoms with Gasteiger partial charge in [0.15, 0.2) is 5.82 Å². The van der Waals surface area contributed by atoms with E-state index >= 15 is 0 Å². The average molecular weight is 311 g/mol. The van der Waals surface area contributed by atoms with E-state index in [0.717, 1.165) is 53.4 Å². The zero-order chi connectivity index (χ0) is 14.9. The molecule has 5 heteroatoms. The molecule has 1 N–H and O–H groups in total. The third-order valence-electron chi connectivity index (χ3n) is 4.09. The smallest absolute Gasteiger partial charge is 0.172 e. The van der Waals surface area contributed by atoms with Gasteiger partial charge in [-0.15, -0.1) is 11.3 Å². The minimum atomic E-state index is -0.180. The summed E-state index contributed by atoms with van der Waals surface area (Å²) in [6.07, 6.45) is 1.42. The van der Waals surface area contributed by atoms with Crippen LogP contribution in [0.15, 0.2) is 41.8 Å². The highest BCUT2D eigenvalue weighted by Gasteiger charge is 2.21. The fraction of sp³-hybridized carbons (Fsp3) is 0.294. The second-order valence-electron chi connectivity index (χ2n) is 5.58. The van der Waals surface area contributed by atoms with Gasteiger partial charge in [0.05, 0.1) is 16.5 Å². The molecule has 0 aliphatic carbocycles. The van der Waals surface area contributed by atoms with Crippen molar-refractivity contribution in [1.82, 2.24) is 9.97 Å². The largest absolute Gasteiger partial charge is 0.393 e. The van der Waals surface area contributed by atoms with Crippen LogP contribution in [-0.4, -0.2) is 34.3 Å². The molecule has 0 amide bonds. The van der Waals surface area contributed by atoms with Crippen LogP contribution >= 0.6 is 11.3 Å². The molecule has 4 nitrogen and oxygen atoms in total. The highest BCUT2D eigenvalue weighted by molar-refractivity contribution is 7.13. The van der Waals surface area contributed by atoms with E-state index in [4.69, 9.17) is 9.97 Å². The van der Waals surface area contributed by atoms with Crippen molar-refractivity contribution in [3.8, 4) is 10.7 Å². The maximum Gasteiger partial charge on any atom is 0.172 e. The molecular weight excluding hydrogens is 294 g/mol. The standard InChI is InChI=1S/C17H17N3OS/c21-12-7-9-20(10-8-12)17-13-4-1-2-5-14(13)18-16(19-17)15-6-3-11-22-15/h1-6,11-12,21H,7-10H2. The van der Waals surface area contributed by atoms with Gasteiger partial charge in [-0.1, -0.05) is 18.2 Å². The van der Waals surface area contributed by atoms with E-state index in [0.29, 0.717) is 0 Å². The van der Waals surface area contributed by atoms with Gasteiger partial charge in [0.25, 0.3) is 0 Å². The van der Waals surface area contributed by atoms with Crippen molar-refractivity contribution in [3.05, 3.63) is 41.8 Å². The first-order valence-corrected chi connectivity index (χ1v) is 8.43. The van der Waals surface area contributed by atoms with Crippen molar-refractivity contribution >= 4 is 28.1 Å². The molecule has 3 aromatic rings. The summed E-state index contributed by atoms with van der Waals surface area (Å²) in [6, 6.07) is 12.2. The Morgan fingerprint density at radius 3 is 2.64 bits per heavy atom. The Morgan fingerprint density at radius 2 is 1.86 bits per heavy atom. The second-order valence-corrected chi connectivity index (χ2v) is 6.53. The van der Waals surface area contributed by atoms with Crippen molar-refractivity contribution in [2.24, 2.45) is 0 Å². The van der Waals surface area contributed by atoms with Crippen LogP contribution in [0.4, 0.5) is 5.82 Å². The lowest BCUT2D eigenvalue weighted by Gasteiger charge is -2.31. The summed E-state index contributed by atoms with van der Waals surface area (Å²) in [5, 5.41) is 12.9. The number of rotatable bonds is 2. The third-order valence-corrected chi connectivity index (χ3v) is 4.95. The Morgan fingerprint density at radius 1 is 1.05 bits per heavy atom. The van der Waals surface area contributed by atoms with Gasteiger partial charge in [0.1, 0.15) is 5.82 Å². The van der Waals surface area contributed by atoms with Crippen LogP contribution in [0, 0.1) is 0 Å². The van der Waals surface area contributed by atoms with E-state index in [1.807, 2.05) is 29.6 Å². The van der Waals surface area contributed by atoms with Crippen molar-refractivity contribution in [1.29, 1.82) is 0 Å². The molecule has 0 unspecified atom stereocenters. The Bertz CT molecular complexity index is 780. The van der Waals surface area contributed by atoms with E-state index in [2.05, 4.69) is 17.0 Å². The first-order valence-electron chi connectivity index (χ1n) is 7.55. The van der Waals surface area contributed by atoms with E-state index in [1.54, 1.807) is 11.3 Å². The van der Waals surface area contributed by atoms with Crippen molar-refractivity contribution < 1.29 is 5.11 Å². The van der Waals surface area contributed by atoms with Crippen LogP contribution in [0.25, 0.3) is 21.6 Å². The zero-order valence-electron chi connectivity index (χ0n) is 12.1. The minimum absolute atomic E-state index is 0.180. The number of hydrogen-bond acceptors (Lipinski definition) is 5.